The van der Waals surface area contributed by atoms with Crippen LogP contribution >= 0.6 is 0 Å². The second kappa shape index (κ2) is 10.1. The van der Waals surface area contributed by atoms with Gasteiger partial charge in [0.25, 0.3) is 0 Å². The van der Waals surface area contributed by atoms with Gasteiger partial charge in [-0.2, -0.15) is 0 Å². The lowest BCUT2D eigenvalue weighted by atomic mass is 10.1. The second-order valence-electron chi connectivity index (χ2n) is 3.74. The Balaban J connectivity index is 3.20. The Morgan fingerprint density at radius 1 is 1.07 bits per heavy atom. The fourth-order valence-corrected chi connectivity index (χ4v) is 2.47. The normalized spacial score (nSPS) is 12.6. The number of hydrogen-bond acceptors (Lipinski definition) is 3. The Morgan fingerprint density at radius 3 is 2.27 bits per heavy atom. The maximum absolute atomic E-state index is 11.3. The Bertz CT molecular complexity index is 192. The van der Waals surface area contributed by atoms with Crippen molar-refractivity contribution in [3.63, 3.8) is 0 Å². The largest absolute Gasteiger partial charge is 0.550 e. The third kappa shape index (κ3) is 11.5. The zero-order chi connectivity index (χ0) is 11.5. The van der Waals surface area contributed by atoms with E-state index in [0.717, 1.165) is 12.8 Å². The predicted octanol–water partition coefficient (Wildman–Crippen LogP) is 1.24. The van der Waals surface area contributed by atoms with Gasteiger partial charge in [0.1, 0.15) is 0 Å². The number of carbonyl (C=O) groups excluding carboxylic acids is 1. The van der Waals surface area contributed by atoms with E-state index in [2.05, 4.69) is 6.92 Å². The van der Waals surface area contributed by atoms with Gasteiger partial charge in [0.05, 0.1) is 0 Å². The molecule has 0 spiro atoms. The van der Waals surface area contributed by atoms with Crippen LogP contribution in [-0.4, -0.2) is 21.7 Å². The molecule has 0 radical (unpaired) electrons. The molecule has 0 aliphatic heterocycles. The molecule has 0 saturated heterocycles. The van der Waals surface area contributed by atoms with Gasteiger partial charge in [-0.3, -0.25) is 4.21 Å². The monoisotopic (exact) mass is 233 g/mol. The molecule has 0 bridgehead atoms. The first kappa shape index (κ1) is 14.6. The van der Waals surface area contributed by atoms with Crippen LogP contribution < -0.4 is 5.11 Å². The molecular weight excluding hydrogens is 212 g/mol. The van der Waals surface area contributed by atoms with Crippen LogP contribution in [0.2, 0.25) is 0 Å². The Labute approximate surface area is 94.7 Å². The van der Waals surface area contributed by atoms with E-state index in [1.165, 1.54) is 25.7 Å². The Kier molecular flexibility index (Phi) is 9.89. The molecular formula is C11H21O3S-. The van der Waals surface area contributed by atoms with Gasteiger partial charge in [0.15, 0.2) is 0 Å². The first-order valence-electron chi connectivity index (χ1n) is 5.71. The average Bonchev–Trinajstić information content (AvgIpc) is 2.20. The van der Waals surface area contributed by atoms with Crippen molar-refractivity contribution in [2.75, 3.05) is 11.5 Å². The quantitative estimate of drug-likeness (QED) is 0.533. The molecule has 0 aliphatic rings. The van der Waals surface area contributed by atoms with E-state index in [1.807, 2.05) is 0 Å². The fourth-order valence-electron chi connectivity index (χ4n) is 1.34. The number of unbranched alkanes of at least 4 members (excludes halogenated alkanes) is 5. The lowest BCUT2D eigenvalue weighted by molar-refractivity contribution is -0.305. The van der Waals surface area contributed by atoms with E-state index in [1.54, 1.807) is 0 Å². The van der Waals surface area contributed by atoms with Crippen LogP contribution in [0.3, 0.4) is 0 Å². The highest BCUT2D eigenvalue weighted by molar-refractivity contribution is 7.84. The minimum absolute atomic E-state index is 0.0809. The summed E-state index contributed by atoms with van der Waals surface area (Å²) in [4.78, 5) is 10.1. The maximum atomic E-state index is 11.3. The van der Waals surface area contributed by atoms with E-state index in [0.29, 0.717) is 5.75 Å². The lowest BCUT2D eigenvalue weighted by Gasteiger charge is -2.03. The minimum atomic E-state index is -1.11. The minimum Gasteiger partial charge on any atom is -0.550 e. The fraction of sp³-hybridized carbons (Fsp3) is 0.909. The van der Waals surface area contributed by atoms with Gasteiger partial charge in [-0.25, -0.2) is 0 Å². The van der Waals surface area contributed by atoms with Crippen LogP contribution in [0.25, 0.3) is 0 Å². The smallest absolute Gasteiger partial charge is 0.0423 e. The molecule has 0 aromatic rings. The number of carboxylic acid groups (broad SMARTS) is 1. The summed E-state index contributed by atoms with van der Waals surface area (Å²) in [6.07, 6.45) is 6.93. The summed E-state index contributed by atoms with van der Waals surface area (Å²) in [5.41, 5.74) is 0. The van der Waals surface area contributed by atoms with Gasteiger partial charge in [-0.15, -0.1) is 0 Å². The van der Waals surface area contributed by atoms with Gasteiger partial charge in [-0.05, 0) is 12.8 Å². The molecule has 0 fully saturated rings. The maximum Gasteiger partial charge on any atom is 0.0423 e. The molecule has 4 heteroatoms. The van der Waals surface area contributed by atoms with Crippen LogP contribution in [0.5, 0.6) is 0 Å². The topological polar surface area (TPSA) is 57.2 Å². The number of hydrogen-bond donors (Lipinski definition) is 0. The first-order valence-corrected chi connectivity index (χ1v) is 7.20. The highest BCUT2D eigenvalue weighted by Gasteiger charge is 1.99. The third-order valence-corrected chi connectivity index (χ3v) is 3.66. The van der Waals surface area contributed by atoms with Gasteiger partial charge in [0.2, 0.25) is 0 Å². The van der Waals surface area contributed by atoms with E-state index >= 15 is 0 Å². The zero-order valence-electron chi connectivity index (χ0n) is 9.50. The molecule has 0 saturated carbocycles. The molecule has 1 unspecified atom stereocenters. The molecule has 0 rings (SSSR count). The van der Waals surface area contributed by atoms with Crippen molar-refractivity contribution in [3.8, 4) is 0 Å². The van der Waals surface area contributed by atoms with E-state index < -0.39 is 16.8 Å². The molecule has 3 nitrogen and oxygen atoms in total. The molecule has 0 aromatic carbocycles. The van der Waals surface area contributed by atoms with Gasteiger partial charge in [0, 0.05) is 28.3 Å². The summed E-state index contributed by atoms with van der Waals surface area (Å²) in [6.45, 7) is 2.18. The summed E-state index contributed by atoms with van der Waals surface area (Å²) in [7, 11) is -0.969. The molecule has 0 heterocycles. The number of carboxylic acids is 1. The lowest BCUT2D eigenvalue weighted by Crippen LogP contribution is -2.24. The van der Waals surface area contributed by atoms with Crippen molar-refractivity contribution in [2.45, 2.75) is 51.9 Å². The Morgan fingerprint density at radius 2 is 1.67 bits per heavy atom. The van der Waals surface area contributed by atoms with Crippen LogP contribution in [0.1, 0.15) is 51.9 Å². The molecule has 1 atom stereocenters. The molecule has 90 valence electrons. The Hall–Kier alpha value is -0.380. The van der Waals surface area contributed by atoms with Crippen molar-refractivity contribution < 1.29 is 14.1 Å². The SMILES string of the molecule is CCCCCCCCS(=O)CCC(=O)[O-]. The molecule has 0 aromatic heterocycles. The zero-order valence-corrected chi connectivity index (χ0v) is 10.3. The predicted molar refractivity (Wildman–Crippen MR) is 60.9 cm³/mol. The standard InChI is InChI=1S/C11H22O3S/c1-2-3-4-5-6-7-9-15(14)10-8-11(12)13/h2-10H2,1H3,(H,12,13)/p-1. The van der Waals surface area contributed by atoms with Crippen molar-refractivity contribution in [1.29, 1.82) is 0 Å². The molecule has 0 N–H and O–H groups in total. The van der Waals surface area contributed by atoms with Gasteiger partial charge in [-0.1, -0.05) is 39.0 Å². The molecule has 15 heavy (non-hydrogen) atoms. The van der Waals surface area contributed by atoms with Crippen LogP contribution in [-0.2, 0) is 15.6 Å². The van der Waals surface area contributed by atoms with E-state index in [-0.39, 0.29) is 12.2 Å². The van der Waals surface area contributed by atoms with Crippen LogP contribution in [0.15, 0.2) is 0 Å². The van der Waals surface area contributed by atoms with Crippen molar-refractivity contribution in [2.24, 2.45) is 0 Å². The summed E-state index contributed by atoms with van der Waals surface area (Å²) in [5, 5.41) is 10.1. The average molecular weight is 233 g/mol. The molecule has 0 aliphatic carbocycles. The summed E-state index contributed by atoms with van der Waals surface area (Å²) in [5.74, 6) is -0.220. The van der Waals surface area contributed by atoms with Crippen LogP contribution in [0.4, 0.5) is 0 Å². The van der Waals surface area contributed by atoms with Gasteiger partial charge < -0.3 is 9.90 Å². The van der Waals surface area contributed by atoms with E-state index in [4.69, 9.17) is 0 Å². The summed E-state index contributed by atoms with van der Waals surface area (Å²) < 4.78 is 11.3. The van der Waals surface area contributed by atoms with Crippen molar-refractivity contribution in [3.05, 3.63) is 0 Å². The summed E-state index contributed by atoms with van der Waals surface area (Å²) in [6, 6.07) is 0. The number of aliphatic carboxylic acids is 1. The summed E-state index contributed by atoms with van der Waals surface area (Å²) >= 11 is 0. The van der Waals surface area contributed by atoms with E-state index in [9.17, 15) is 14.1 Å². The van der Waals surface area contributed by atoms with Crippen molar-refractivity contribution >= 4 is 16.8 Å². The number of carbonyl (C=O) groups is 1. The molecule has 0 amide bonds. The number of rotatable bonds is 10. The van der Waals surface area contributed by atoms with Crippen molar-refractivity contribution in [1.82, 2.24) is 0 Å². The highest BCUT2D eigenvalue weighted by atomic mass is 32.2. The van der Waals surface area contributed by atoms with Crippen LogP contribution in [0, 0.1) is 0 Å². The highest BCUT2D eigenvalue weighted by Crippen LogP contribution is 2.05. The van der Waals surface area contributed by atoms with Gasteiger partial charge >= 0.3 is 0 Å². The third-order valence-electron chi connectivity index (χ3n) is 2.26. The first-order chi connectivity index (χ1) is 7.16. The second-order valence-corrected chi connectivity index (χ2v) is 5.43.